The van der Waals surface area contributed by atoms with E-state index in [0.29, 0.717) is 41.9 Å². The van der Waals surface area contributed by atoms with E-state index < -0.39 is 0 Å². The monoisotopic (exact) mass is 440 g/mol. The van der Waals surface area contributed by atoms with Crippen molar-refractivity contribution in [2.24, 2.45) is 0 Å². The number of para-hydroxylation sites is 2. The molecule has 31 heavy (non-hydrogen) atoms. The van der Waals surface area contributed by atoms with Crippen LogP contribution in [0.4, 0.5) is 0 Å². The normalized spacial score (nSPS) is 16.2. The van der Waals surface area contributed by atoms with Crippen LogP contribution in [0.1, 0.15) is 36.0 Å². The maximum absolute atomic E-state index is 12.7. The van der Waals surface area contributed by atoms with Crippen molar-refractivity contribution in [2.75, 3.05) is 26.8 Å². The molecule has 162 valence electrons. The van der Waals surface area contributed by atoms with Gasteiger partial charge in [-0.1, -0.05) is 35.9 Å². The van der Waals surface area contributed by atoms with Gasteiger partial charge in [-0.25, -0.2) is 4.98 Å². The molecule has 0 bridgehead atoms. The van der Waals surface area contributed by atoms with Crippen molar-refractivity contribution in [3.05, 3.63) is 77.0 Å². The average molecular weight is 441 g/mol. The highest BCUT2D eigenvalue weighted by molar-refractivity contribution is 6.30. The lowest BCUT2D eigenvalue weighted by Crippen LogP contribution is -2.41. The van der Waals surface area contributed by atoms with Crippen molar-refractivity contribution in [1.29, 1.82) is 0 Å². The Bertz CT molecular complexity index is 1020. The third kappa shape index (κ3) is 5.39. The maximum Gasteiger partial charge on any atom is 0.260 e. The molecule has 6 nitrogen and oxygen atoms in total. The number of halogens is 1. The molecule has 1 fully saturated rings. The Morgan fingerprint density at radius 1 is 1.19 bits per heavy atom. The minimum Gasteiger partial charge on any atom is -0.493 e. The number of rotatable bonds is 7. The fourth-order valence-corrected chi connectivity index (χ4v) is 3.90. The molecule has 1 aromatic heterocycles. The predicted octanol–water partition coefficient (Wildman–Crippen LogP) is 4.71. The standard InChI is InChI=1S/C24H25ClN2O4/c1-29-21-6-2-3-7-22(21)30-16-23(28)27-12-4-5-18(15-27)24-26-14-20(31-24)13-17-8-10-19(25)11-9-17/h2-3,6-11,14,18H,4-5,12-13,15-16H2,1H3. The summed E-state index contributed by atoms with van der Waals surface area (Å²) >= 11 is 5.95. The lowest BCUT2D eigenvalue weighted by Gasteiger charge is -2.31. The van der Waals surface area contributed by atoms with E-state index in [1.165, 1.54) is 0 Å². The molecule has 0 radical (unpaired) electrons. The van der Waals surface area contributed by atoms with Crippen molar-refractivity contribution in [2.45, 2.75) is 25.2 Å². The smallest absolute Gasteiger partial charge is 0.260 e. The van der Waals surface area contributed by atoms with Crippen LogP contribution in [0.25, 0.3) is 0 Å². The molecule has 1 amide bonds. The number of nitrogens with zero attached hydrogens (tertiary/aromatic N) is 2. The molecule has 1 unspecified atom stereocenters. The van der Waals surface area contributed by atoms with Crippen LogP contribution in [-0.4, -0.2) is 42.6 Å². The number of ether oxygens (including phenoxy) is 2. The molecule has 0 saturated carbocycles. The van der Waals surface area contributed by atoms with Gasteiger partial charge in [0.25, 0.3) is 5.91 Å². The van der Waals surface area contributed by atoms with Crippen LogP contribution in [0.15, 0.2) is 59.1 Å². The van der Waals surface area contributed by atoms with Crippen LogP contribution in [0, 0.1) is 0 Å². The summed E-state index contributed by atoms with van der Waals surface area (Å²) in [5.41, 5.74) is 1.11. The fourth-order valence-electron chi connectivity index (χ4n) is 3.77. The minimum absolute atomic E-state index is 0.0273. The topological polar surface area (TPSA) is 64.8 Å². The van der Waals surface area contributed by atoms with Gasteiger partial charge in [-0.2, -0.15) is 0 Å². The summed E-state index contributed by atoms with van der Waals surface area (Å²) in [6.45, 7) is 1.26. The van der Waals surface area contributed by atoms with Crippen molar-refractivity contribution in [3.8, 4) is 11.5 Å². The Balaban J connectivity index is 1.34. The second-order valence-electron chi connectivity index (χ2n) is 7.59. The van der Waals surface area contributed by atoms with Gasteiger partial charge in [-0.05, 0) is 42.7 Å². The Morgan fingerprint density at radius 3 is 2.74 bits per heavy atom. The molecule has 2 heterocycles. The molecular weight excluding hydrogens is 416 g/mol. The Morgan fingerprint density at radius 2 is 1.97 bits per heavy atom. The molecule has 0 N–H and O–H groups in total. The summed E-state index contributed by atoms with van der Waals surface area (Å²) in [7, 11) is 1.58. The van der Waals surface area contributed by atoms with Crippen LogP contribution in [0.2, 0.25) is 5.02 Å². The molecule has 0 aliphatic carbocycles. The van der Waals surface area contributed by atoms with Gasteiger partial charge in [0.15, 0.2) is 24.0 Å². The van der Waals surface area contributed by atoms with Crippen molar-refractivity contribution in [1.82, 2.24) is 9.88 Å². The number of hydrogen-bond donors (Lipinski definition) is 0. The van der Waals surface area contributed by atoms with E-state index in [1.807, 2.05) is 41.3 Å². The number of carbonyl (C=O) groups excluding carboxylic acids is 1. The van der Waals surface area contributed by atoms with Gasteiger partial charge in [0, 0.05) is 24.5 Å². The van der Waals surface area contributed by atoms with Gasteiger partial charge in [0.1, 0.15) is 5.76 Å². The predicted molar refractivity (Wildman–Crippen MR) is 118 cm³/mol. The fraction of sp³-hybridized carbons (Fsp3) is 0.333. The van der Waals surface area contributed by atoms with Crippen molar-refractivity contribution >= 4 is 17.5 Å². The second kappa shape index (κ2) is 9.88. The summed E-state index contributed by atoms with van der Waals surface area (Å²) in [5.74, 6) is 2.70. The number of hydrogen-bond acceptors (Lipinski definition) is 5. The van der Waals surface area contributed by atoms with Crippen molar-refractivity contribution in [3.63, 3.8) is 0 Å². The molecule has 1 aliphatic rings. The van der Waals surface area contributed by atoms with E-state index in [0.717, 1.165) is 24.2 Å². The van der Waals surface area contributed by atoms with Crippen molar-refractivity contribution < 1.29 is 18.7 Å². The van der Waals surface area contributed by atoms with Gasteiger partial charge in [-0.3, -0.25) is 4.79 Å². The number of methoxy groups -OCH3 is 1. The summed E-state index contributed by atoms with van der Waals surface area (Å²) in [6.07, 6.45) is 4.28. The van der Waals surface area contributed by atoms with E-state index in [2.05, 4.69) is 4.98 Å². The van der Waals surface area contributed by atoms with Crippen LogP contribution >= 0.6 is 11.6 Å². The Kier molecular flexibility index (Phi) is 6.77. The first-order valence-corrected chi connectivity index (χ1v) is 10.7. The zero-order chi connectivity index (χ0) is 21.6. The molecule has 0 spiro atoms. The lowest BCUT2D eigenvalue weighted by atomic mass is 9.98. The number of piperidine rings is 1. The quantitative estimate of drug-likeness (QED) is 0.532. The number of amides is 1. The minimum atomic E-state index is -0.0523. The highest BCUT2D eigenvalue weighted by Crippen LogP contribution is 2.29. The Hall–Kier alpha value is -2.99. The first-order chi connectivity index (χ1) is 15.1. The number of oxazole rings is 1. The Labute approximate surface area is 186 Å². The molecule has 3 aromatic rings. The first-order valence-electron chi connectivity index (χ1n) is 10.3. The average Bonchev–Trinajstić information content (AvgIpc) is 3.28. The zero-order valence-electron chi connectivity index (χ0n) is 17.4. The molecule has 1 aliphatic heterocycles. The molecule has 1 atom stereocenters. The number of benzene rings is 2. The largest absolute Gasteiger partial charge is 0.493 e. The van der Waals surface area contributed by atoms with Gasteiger partial charge in [0.2, 0.25) is 0 Å². The summed E-state index contributed by atoms with van der Waals surface area (Å²) in [6, 6.07) is 15.0. The number of likely N-dealkylation sites (tertiary alicyclic amines) is 1. The van der Waals surface area contributed by atoms with Gasteiger partial charge < -0.3 is 18.8 Å². The van der Waals surface area contributed by atoms with Gasteiger partial charge >= 0.3 is 0 Å². The molecule has 2 aromatic carbocycles. The van der Waals surface area contributed by atoms with Crippen LogP contribution in [0.3, 0.4) is 0 Å². The van der Waals surface area contributed by atoms with E-state index in [-0.39, 0.29) is 18.4 Å². The maximum atomic E-state index is 12.7. The van der Waals surface area contributed by atoms with E-state index >= 15 is 0 Å². The number of carbonyl (C=O) groups is 1. The van der Waals surface area contributed by atoms with Crippen LogP contribution in [0.5, 0.6) is 11.5 Å². The van der Waals surface area contributed by atoms with Gasteiger partial charge in [0.05, 0.1) is 19.2 Å². The summed E-state index contributed by atoms with van der Waals surface area (Å²) < 4.78 is 17.0. The number of aromatic nitrogens is 1. The molecule has 4 rings (SSSR count). The molecule has 1 saturated heterocycles. The van der Waals surface area contributed by atoms with Gasteiger partial charge in [-0.15, -0.1) is 0 Å². The third-order valence-electron chi connectivity index (χ3n) is 5.41. The van der Waals surface area contributed by atoms with Crippen LogP contribution < -0.4 is 9.47 Å². The first kappa shape index (κ1) is 21.2. The highest BCUT2D eigenvalue weighted by Gasteiger charge is 2.28. The molecular formula is C24H25ClN2O4. The third-order valence-corrected chi connectivity index (χ3v) is 5.66. The second-order valence-corrected chi connectivity index (χ2v) is 8.02. The SMILES string of the molecule is COc1ccccc1OCC(=O)N1CCCC(c2ncc(Cc3ccc(Cl)cc3)o2)C1. The van der Waals surface area contributed by atoms with E-state index in [1.54, 1.807) is 25.4 Å². The summed E-state index contributed by atoms with van der Waals surface area (Å²) in [5, 5.41) is 0.712. The highest BCUT2D eigenvalue weighted by atomic mass is 35.5. The van der Waals surface area contributed by atoms with E-state index in [9.17, 15) is 4.79 Å². The van der Waals surface area contributed by atoms with E-state index in [4.69, 9.17) is 25.5 Å². The molecule has 7 heteroatoms. The van der Waals surface area contributed by atoms with Crippen LogP contribution in [-0.2, 0) is 11.2 Å². The zero-order valence-corrected chi connectivity index (χ0v) is 18.2. The lowest BCUT2D eigenvalue weighted by molar-refractivity contribution is -0.134. The summed E-state index contributed by atoms with van der Waals surface area (Å²) in [4.78, 5) is 19.0.